The first-order chi connectivity index (χ1) is 8.43. The number of hydrogen-bond donors (Lipinski definition) is 2. The van der Waals surface area contributed by atoms with E-state index in [-0.39, 0.29) is 28.8 Å². The highest BCUT2D eigenvalue weighted by Gasteiger charge is 2.49. The van der Waals surface area contributed by atoms with Crippen LogP contribution in [0.1, 0.15) is 27.2 Å². The summed E-state index contributed by atoms with van der Waals surface area (Å²) in [7, 11) is 0. The van der Waals surface area contributed by atoms with Gasteiger partial charge in [0.1, 0.15) is 0 Å². The van der Waals surface area contributed by atoms with E-state index in [9.17, 15) is 0 Å². The zero-order valence-electron chi connectivity index (χ0n) is 10.8. The predicted molar refractivity (Wildman–Crippen MR) is 70.5 cm³/mol. The minimum Gasteiger partial charge on any atom is -0.378 e. The van der Waals surface area contributed by atoms with Crippen LogP contribution in [0, 0.1) is 5.41 Å². The van der Waals surface area contributed by atoms with Crippen molar-refractivity contribution < 1.29 is 4.74 Å². The number of rotatable bonds is 4. The zero-order chi connectivity index (χ0) is 13.3. The Labute approximate surface area is 111 Å². The van der Waals surface area contributed by atoms with Gasteiger partial charge in [0.25, 0.3) is 0 Å². The lowest BCUT2D eigenvalue weighted by molar-refractivity contribution is -0.0977. The lowest BCUT2D eigenvalue weighted by Crippen LogP contribution is -2.58. The minimum absolute atomic E-state index is 0.0316. The van der Waals surface area contributed by atoms with Gasteiger partial charge in [-0.25, -0.2) is 0 Å². The molecule has 0 saturated heterocycles. The first-order valence-corrected chi connectivity index (χ1v) is 6.36. The molecule has 1 fully saturated rings. The summed E-state index contributed by atoms with van der Waals surface area (Å²) in [6, 6.07) is 0.243. The molecule has 0 spiro atoms. The average Bonchev–Trinajstić information content (AvgIpc) is 2.26. The summed E-state index contributed by atoms with van der Waals surface area (Å²) in [6.07, 6.45) is 1.18. The summed E-state index contributed by atoms with van der Waals surface area (Å²) in [4.78, 5) is 11.7. The third-order valence-electron chi connectivity index (χ3n) is 3.47. The van der Waals surface area contributed by atoms with Crippen molar-refractivity contribution in [2.45, 2.75) is 39.3 Å². The fourth-order valence-corrected chi connectivity index (χ4v) is 2.37. The Morgan fingerprint density at radius 1 is 1.44 bits per heavy atom. The summed E-state index contributed by atoms with van der Waals surface area (Å²) in [5, 5.41) is 3.33. The van der Waals surface area contributed by atoms with E-state index < -0.39 is 0 Å². The summed E-state index contributed by atoms with van der Waals surface area (Å²) in [6.45, 7) is 7.04. The average molecular weight is 272 g/mol. The standard InChI is InChI=1S/C11H18ClN5O/c1-4-18-7-5-6(11(7,2)3)14-10-16-8(12)15-9(13)17-10/h6-7H,4-5H2,1-3H3,(H3,13,14,15,16,17). The van der Waals surface area contributed by atoms with Crippen molar-refractivity contribution in [3.63, 3.8) is 0 Å². The molecule has 2 rings (SSSR count). The normalized spacial score (nSPS) is 25.6. The van der Waals surface area contributed by atoms with Crippen LogP contribution in [0.25, 0.3) is 0 Å². The Balaban J connectivity index is 2.03. The van der Waals surface area contributed by atoms with E-state index in [4.69, 9.17) is 22.1 Å². The number of halogens is 1. The van der Waals surface area contributed by atoms with Crippen molar-refractivity contribution in [3.05, 3.63) is 5.28 Å². The van der Waals surface area contributed by atoms with Gasteiger partial charge in [0.15, 0.2) is 0 Å². The van der Waals surface area contributed by atoms with Crippen molar-refractivity contribution in [2.75, 3.05) is 17.7 Å². The summed E-state index contributed by atoms with van der Waals surface area (Å²) in [5.41, 5.74) is 5.56. The molecule has 1 aliphatic carbocycles. The van der Waals surface area contributed by atoms with Crippen LogP contribution in [0.15, 0.2) is 0 Å². The van der Waals surface area contributed by atoms with Crippen LogP contribution in [0.2, 0.25) is 5.28 Å². The van der Waals surface area contributed by atoms with Gasteiger partial charge >= 0.3 is 0 Å². The molecule has 0 aliphatic heterocycles. The fourth-order valence-electron chi connectivity index (χ4n) is 2.20. The molecular weight excluding hydrogens is 254 g/mol. The lowest BCUT2D eigenvalue weighted by atomic mass is 9.64. The number of nitrogen functional groups attached to an aromatic ring is 1. The second kappa shape index (κ2) is 4.85. The Bertz CT molecular complexity index is 419. The van der Waals surface area contributed by atoms with Gasteiger partial charge in [0.05, 0.1) is 6.10 Å². The first kappa shape index (κ1) is 13.3. The second-order valence-corrected chi connectivity index (χ2v) is 5.32. The molecule has 3 N–H and O–H groups in total. The van der Waals surface area contributed by atoms with Crippen LogP contribution in [-0.4, -0.2) is 33.7 Å². The van der Waals surface area contributed by atoms with Crippen molar-refractivity contribution in [1.29, 1.82) is 0 Å². The summed E-state index contributed by atoms with van der Waals surface area (Å²) in [5.74, 6) is 0.538. The highest BCUT2D eigenvalue weighted by atomic mass is 35.5. The molecule has 0 aromatic carbocycles. The molecule has 0 amide bonds. The molecule has 2 unspecified atom stereocenters. The van der Waals surface area contributed by atoms with Gasteiger partial charge in [0, 0.05) is 18.1 Å². The number of anilines is 2. The Morgan fingerprint density at radius 3 is 2.72 bits per heavy atom. The van der Waals surface area contributed by atoms with Crippen molar-refractivity contribution in [1.82, 2.24) is 15.0 Å². The molecule has 6 nitrogen and oxygen atoms in total. The van der Waals surface area contributed by atoms with Crippen LogP contribution in [0.5, 0.6) is 0 Å². The van der Waals surface area contributed by atoms with E-state index in [2.05, 4.69) is 34.1 Å². The van der Waals surface area contributed by atoms with Gasteiger partial charge in [-0.05, 0) is 24.9 Å². The maximum Gasteiger partial charge on any atom is 0.229 e. The molecule has 1 aliphatic rings. The Hall–Kier alpha value is -1.14. The van der Waals surface area contributed by atoms with Gasteiger partial charge < -0.3 is 15.8 Å². The molecule has 18 heavy (non-hydrogen) atoms. The van der Waals surface area contributed by atoms with Crippen molar-refractivity contribution in [3.8, 4) is 0 Å². The summed E-state index contributed by atoms with van der Waals surface area (Å²) >= 11 is 5.74. The number of nitrogens with zero attached hydrogens (tertiary/aromatic N) is 3. The maximum atomic E-state index is 5.74. The number of ether oxygens (including phenoxy) is 1. The Morgan fingerprint density at radius 2 is 2.17 bits per heavy atom. The predicted octanol–water partition coefficient (Wildman–Crippen LogP) is 1.72. The second-order valence-electron chi connectivity index (χ2n) is 4.98. The third-order valence-corrected chi connectivity index (χ3v) is 3.64. The molecule has 0 bridgehead atoms. The number of aromatic nitrogens is 3. The van der Waals surface area contributed by atoms with Crippen LogP contribution in [-0.2, 0) is 4.74 Å². The number of nitrogens with one attached hydrogen (secondary N) is 1. The zero-order valence-corrected chi connectivity index (χ0v) is 11.5. The quantitative estimate of drug-likeness (QED) is 0.867. The molecule has 100 valence electrons. The third kappa shape index (κ3) is 2.49. The number of hydrogen-bond acceptors (Lipinski definition) is 6. The highest BCUT2D eigenvalue weighted by Crippen LogP contribution is 2.44. The minimum atomic E-state index is 0.0316. The van der Waals surface area contributed by atoms with E-state index in [0.717, 1.165) is 13.0 Å². The highest BCUT2D eigenvalue weighted by molar-refractivity contribution is 6.28. The smallest absolute Gasteiger partial charge is 0.229 e. The van der Waals surface area contributed by atoms with E-state index in [1.54, 1.807) is 0 Å². The van der Waals surface area contributed by atoms with Crippen LogP contribution in [0.4, 0.5) is 11.9 Å². The molecule has 1 aromatic heterocycles. The molecule has 1 heterocycles. The summed E-state index contributed by atoms with van der Waals surface area (Å²) < 4.78 is 5.66. The topological polar surface area (TPSA) is 86.0 Å². The van der Waals surface area contributed by atoms with Gasteiger partial charge in [-0.15, -0.1) is 0 Å². The largest absolute Gasteiger partial charge is 0.378 e. The Kier molecular flexibility index (Phi) is 3.59. The van der Waals surface area contributed by atoms with Crippen molar-refractivity contribution in [2.24, 2.45) is 5.41 Å². The molecule has 1 aromatic rings. The molecule has 1 saturated carbocycles. The molecule has 0 radical (unpaired) electrons. The van der Waals surface area contributed by atoms with Crippen LogP contribution >= 0.6 is 11.6 Å². The van der Waals surface area contributed by atoms with E-state index in [1.165, 1.54) is 0 Å². The van der Waals surface area contributed by atoms with Gasteiger partial charge in [-0.3, -0.25) is 0 Å². The van der Waals surface area contributed by atoms with Gasteiger partial charge in [0.2, 0.25) is 17.2 Å². The number of nitrogens with two attached hydrogens (primary N) is 1. The molecule has 7 heteroatoms. The monoisotopic (exact) mass is 271 g/mol. The SMILES string of the molecule is CCOC1CC(Nc2nc(N)nc(Cl)n2)C1(C)C. The fraction of sp³-hybridized carbons (Fsp3) is 0.727. The van der Waals surface area contributed by atoms with Crippen LogP contribution in [0.3, 0.4) is 0 Å². The van der Waals surface area contributed by atoms with Gasteiger partial charge in [-0.1, -0.05) is 13.8 Å². The van der Waals surface area contributed by atoms with E-state index in [1.807, 2.05) is 6.92 Å². The van der Waals surface area contributed by atoms with Crippen LogP contribution < -0.4 is 11.1 Å². The maximum absolute atomic E-state index is 5.74. The van der Waals surface area contributed by atoms with E-state index >= 15 is 0 Å². The lowest BCUT2D eigenvalue weighted by Gasteiger charge is -2.51. The molecular formula is C11H18ClN5O. The molecule has 2 atom stereocenters. The van der Waals surface area contributed by atoms with Gasteiger partial charge in [-0.2, -0.15) is 15.0 Å². The first-order valence-electron chi connectivity index (χ1n) is 5.98. The van der Waals surface area contributed by atoms with Crippen molar-refractivity contribution >= 4 is 23.5 Å². The van der Waals surface area contributed by atoms with E-state index in [0.29, 0.717) is 5.95 Å².